The Bertz CT molecular complexity index is 641. The molecule has 1 aromatic rings. The monoisotopic (exact) mass is 331 g/mol. The maximum atomic E-state index is 12.4. The van der Waals surface area contributed by atoms with Crippen molar-refractivity contribution in [3.05, 3.63) is 28.3 Å². The number of nitro benzene ring substituents is 1. The van der Waals surface area contributed by atoms with Crippen LogP contribution in [0.1, 0.15) is 26.7 Å². The van der Waals surface area contributed by atoms with Crippen molar-refractivity contribution in [1.29, 1.82) is 0 Å². The molecule has 0 spiro atoms. The first-order valence-corrected chi connectivity index (χ1v) is 8.28. The second-order valence-corrected chi connectivity index (χ2v) is 6.72. The van der Waals surface area contributed by atoms with E-state index in [4.69, 9.17) is 10.5 Å². The second-order valence-electron chi connectivity index (χ2n) is 4.99. The third-order valence-electron chi connectivity index (χ3n) is 3.67. The van der Waals surface area contributed by atoms with Crippen molar-refractivity contribution >= 4 is 15.7 Å². The molecule has 0 saturated carbocycles. The van der Waals surface area contributed by atoms with E-state index in [1.54, 1.807) is 0 Å². The molecule has 124 valence electrons. The fraction of sp³-hybridized carbons (Fsp3) is 0.538. The molecule has 0 amide bonds. The summed E-state index contributed by atoms with van der Waals surface area (Å²) in [6.07, 6.45) is 1.19. The summed E-state index contributed by atoms with van der Waals surface area (Å²) in [4.78, 5) is 9.88. The van der Waals surface area contributed by atoms with E-state index in [1.807, 2.05) is 13.8 Å². The number of nitrogens with one attached hydrogen (secondary N) is 1. The maximum absolute atomic E-state index is 12.4. The number of sulfonamides is 1. The van der Waals surface area contributed by atoms with Crippen LogP contribution in [0, 0.1) is 10.1 Å². The minimum absolute atomic E-state index is 0.0359. The van der Waals surface area contributed by atoms with Crippen molar-refractivity contribution in [2.24, 2.45) is 5.73 Å². The van der Waals surface area contributed by atoms with Gasteiger partial charge in [0.15, 0.2) is 0 Å². The van der Waals surface area contributed by atoms with Crippen molar-refractivity contribution in [3.63, 3.8) is 0 Å². The minimum atomic E-state index is -3.97. The fourth-order valence-corrected chi connectivity index (χ4v) is 3.13. The molecule has 1 aromatic carbocycles. The molecule has 0 aromatic heterocycles. The Labute approximate surface area is 129 Å². The van der Waals surface area contributed by atoms with Gasteiger partial charge < -0.3 is 10.5 Å². The standard InChI is InChI=1S/C13H21N3O5S/c1-4-13(14,5-2)9-15-22(19,20)12-8-10(16(17)18)6-7-11(12)21-3/h6-8,15H,4-5,9,14H2,1-3H3. The van der Waals surface area contributed by atoms with Crippen LogP contribution in [0.4, 0.5) is 5.69 Å². The van der Waals surface area contributed by atoms with Gasteiger partial charge in [0.25, 0.3) is 5.69 Å². The Kier molecular flexibility index (Phi) is 5.86. The van der Waals surface area contributed by atoms with Gasteiger partial charge in [0.1, 0.15) is 10.6 Å². The van der Waals surface area contributed by atoms with Crippen molar-refractivity contribution in [1.82, 2.24) is 4.72 Å². The van der Waals surface area contributed by atoms with Gasteiger partial charge in [0, 0.05) is 24.2 Å². The van der Waals surface area contributed by atoms with Crippen LogP contribution in [-0.4, -0.2) is 32.5 Å². The van der Waals surface area contributed by atoms with Crippen LogP contribution in [-0.2, 0) is 10.0 Å². The second kappa shape index (κ2) is 7.03. The molecular formula is C13H21N3O5S. The van der Waals surface area contributed by atoms with Crippen LogP contribution >= 0.6 is 0 Å². The highest BCUT2D eigenvalue weighted by Gasteiger charge is 2.27. The minimum Gasteiger partial charge on any atom is -0.495 e. The smallest absolute Gasteiger partial charge is 0.271 e. The largest absolute Gasteiger partial charge is 0.495 e. The Morgan fingerprint density at radius 1 is 1.36 bits per heavy atom. The molecule has 0 atom stereocenters. The summed E-state index contributed by atoms with van der Waals surface area (Å²) in [5.41, 5.74) is 5.07. The highest BCUT2D eigenvalue weighted by atomic mass is 32.2. The summed E-state index contributed by atoms with van der Waals surface area (Å²) in [6.45, 7) is 3.77. The fourth-order valence-electron chi connectivity index (χ4n) is 1.81. The average molecular weight is 331 g/mol. The highest BCUT2D eigenvalue weighted by molar-refractivity contribution is 7.89. The van der Waals surface area contributed by atoms with E-state index < -0.39 is 20.5 Å². The quantitative estimate of drug-likeness (QED) is 0.548. The van der Waals surface area contributed by atoms with Gasteiger partial charge >= 0.3 is 0 Å². The zero-order valence-electron chi connectivity index (χ0n) is 12.8. The van der Waals surface area contributed by atoms with Gasteiger partial charge in [-0.25, -0.2) is 13.1 Å². The molecular weight excluding hydrogens is 310 g/mol. The zero-order chi connectivity index (χ0) is 17.0. The molecule has 0 aliphatic heterocycles. The number of nitrogens with two attached hydrogens (primary N) is 1. The van der Waals surface area contributed by atoms with Crippen LogP contribution in [0.5, 0.6) is 5.75 Å². The molecule has 9 heteroatoms. The van der Waals surface area contributed by atoms with Crippen LogP contribution in [0.3, 0.4) is 0 Å². The van der Waals surface area contributed by atoms with E-state index in [0.717, 1.165) is 6.07 Å². The van der Waals surface area contributed by atoms with Crippen LogP contribution in [0.15, 0.2) is 23.1 Å². The third-order valence-corrected chi connectivity index (χ3v) is 5.09. The van der Waals surface area contributed by atoms with Gasteiger partial charge in [-0.1, -0.05) is 13.8 Å². The molecule has 3 N–H and O–H groups in total. The van der Waals surface area contributed by atoms with E-state index in [0.29, 0.717) is 12.8 Å². The predicted octanol–water partition coefficient (Wildman–Crippen LogP) is 1.40. The van der Waals surface area contributed by atoms with E-state index in [-0.39, 0.29) is 22.9 Å². The molecule has 0 aliphatic carbocycles. The maximum Gasteiger partial charge on any atom is 0.271 e. The lowest BCUT2D eigenvalue weighted by Crippen LogP contribution is -2.49. The van der Waals surface area contributed by atoms with Gasteiger partial charge in [-0.15, -0.1) is 0 Å². The van der Waals surface area contributed by atoms with Crippen molar-refractivity contribution in [3.8, 4) is 5.75 Å². The summed E-state index contributed by atoms with van der Waals surface area (Å²) in [5, 5.41) is 10.8. The molecule has 0 fully saturated rings. The van der Waals surface area contributed by atoms with Crippen LogP contribution in [0.25, 0.3) is 0 Å². The van der Waals surface area contributed by atoms with Crippen molar-refractivity contribution < 1.29 is 18.1 Å². The lowest BCUT2D eigenvalue weighted by atomic mass is 9.95. The van der Waals surface area contributed by atoms with Gasteiger partial charge in [0.05, 0.1) is 12.0 Å². The Balaban J connectivity index is 3.16. The number of non-ortho nitro benzene ring substituents is 1. The molecule has 8 nitrogen and oxygen atoms in total. The van der Waals surface area contributed by atoms with E-state index in [9.17, 15) is 18.5 Å². The first-order chi connectivity index (χ1) is 10.2. The summed E-state index contributed by atoms with van der Waals surface area (Å²) < 4.78 is 32.2. The van der Waals surface area contributed by atoms with Crippen molar-refractivity contribution in [2.75, 3.05) is 13.7 Å². The number of rotatable bonds is 8. The third kappa shape index (κ3) is 4.15. The summed E-state index contributed by atoms with van der Waals surface area (Å²) in [5.74, 6) is 0.0359. The number of hydrogen-bond donors (Lipinski definition) is 2. The molecule has 0 heterocycles. The van der Waals surface area contributed by atoms with E-state index in [2.05, 4.69) is 4.72 Å². The first kappa shape index (κ1) is 18.3. The lowest BCUT2D eigenvalue weighted by Gasteiger charge is -2.26. The Morgan fingerprint density at radius 2 is 1.95 bits per heavy atom. The number of benzene rings is 1. The summed E-state index contributed by atoms with van der Waals surface area (Å²) in [7, 11) is -2.67. The van der Waals surface area contributed by atoms with Gasteiger partial charge in [-0.3, -0.25) is 10.1 Å². The zero-order valence-corrected chi connectivity index (χ0v) is 13.6. The number of ether oxygens (including phenoxy) is 1. The average Bonchev–Trinajstić information content (AvgIpc) is 2.52. The topological polar surface area (TPSA) is 125 Å². The number of methoxy groups -OCH3 is 1. The van der Waals surface area contributed by atoms with E-state index in [1.165, 1.54) is 19.2 Å². The SMILES string of the molecule is CCC(N)(CC)CNS(=O)(=O)c1cc([N+](=O)[O-])ccc1OC. The van der Waals surface area contributed by atoms with Crippen LogP contribution in [0.2, 0.25) is 0 Å². The normalized spacial score (nSPS) is 12.2. The summed E-state index contributed by atoms with van der Waals surface area (Å²) in [6, 6.07) is 3.41. The predicted molar refractivity (Wildman–Crippen MR) is 82.3 cm³/mol. The Morgan fingerprint density at radius 3 is 2.41 bits per heavy atom. The van der Waals surface area contributed by atoms with Gasteiger partial charge in [-0.2, -0.15) is 0 Å². The molecule has 1 rings (SSSR count). The number of hydrogen-bond acceptors (Lipinski definition) is 6. The van der Waals surface area contributed by atoms with Gasteiger partial charge in [-0.05, 0) is 18.9 Å². The molecule has 22 heavy (non-hydrogen) atoms. The first-order valence-electron chi connectivity index (χ1n) is 6.80. The number of nitro groups is 1. The van der Waals surface area contributed by atoms with Crippen molar-refractivity contribution in [2.45, 2.75) is 37.1 Å². The van der Waals surface area contributed by atoms with Gasteiger partial charge in [0.2, 0.25) is 10.0 Å². The lowest BCUT2D eigenvalue weighted by molar-refractivity contribution is -0.385. The molecule has 0 radical (unpaired) electrons. The highest BCUT2D eigenvalue weighted by Crippen LogP contribution is 2.28. The number of nitrogens with zero attached hydrogens (tertiary/aromatic N) is 1. The molecule has 0 saturated heterocycles. The summed E-state index contributed by atoms with van der Waals surface area (Å²) >= 11 is 0. The molecule has 0 bridgehead atoms. The Hall–Kier alpha value is -1.71. The molecule has 0 unspecified atom stereocenters. The molecule has 0 aliphatic rings. The van der Waals surface area contributed by atoms with Crippen LogP contribution < -0.4 is 15.2 Å². The van der Waals surface area contributed by atoms with E-state index >= 15 is 0 Å².